The first-order chi connectivity index (χ1) is 15.3. The maximum atomic E-state index is 13.0. The molecule has 0 saturated carbocycles. The van der Waals surface area contributed by atoms with Crippen LogP contribution in [0.3, 0.4) is 0 Å². The Balaban J connectivity index is 0.000000668. The first-order valence-electron chi connectivity index (χ1n) is 11.0. The SMILES string of the molecule is CC(=O)O.Cc1cccc(Oc2ccc(C(=O)N3CCC[C@]4(CNCC[C@@H]4O)C3)cc2)c1. The van der Waals surface area contributed by atoms with E-state index < -0.39 is 5.97 Å². The third kappa shape index (κ3) is 6.08. The van der Waals surface area contributed by atoms with Crippen molar-refractivity contribution in [3.8, 4) is 11.5 Å². The molecule has 172 valence electrons. The summed E-state index contributed by atoms with van der Waals surface area (Å²) in [6.45, 7) is 6.09. The number of carbonyl (C=O) groups is 2. The van der Waals surface area contributed by atoms with Crippen molar-refractivity contribution in [2.75, 3.05) is 26.2 Å². The standard InChI is InChI=1S/C23H28N2O3.C2H4O2/c1-17-4-2-5-20(14-17)28-19-8-6-18(7-9-19)22(27)25-13-3-11-23(16-25)15-24-12-10-21(23)26;1-2(3)4/h2,4-9,14,21,24,26H,3,10-13,15-16H2,1H3;1H3,(H,3,4)/t21-,23-;/m0./s1. The highest BCUT2D eigenvalue weighted by molar-refractivity contribution is 5.94. The van der Waals surface area contributed by atoms with Gasteiger partial charge in [-0.25, -0.2) is 0 Å². The molecule has 1 amide bonds. The maximum Gasteiger partial charge on any atom is 0.300 e. The van der Waals surface area contributed by atoms with Crippen LogP contribution in [0.5, 0.6) is 11.5 Å². The quantitative estimate of drug-likeness (QED) is 0.676. The Labute approximate surface area is 189 Å². The predicted octanol–water partition coefficient (Wildman–Crippen LogP) is 3.45. The highest BCUT2D eigenvalue weighted by Crippen LogP contribution is 2.36. The Morgan fingerprint density at radius 3 is 2.53 bits per heavy atom. The molecule has 2 saturated heterocycles. The zero-order valence-corrected chi connectivity index (χ0v) is 18.7. The van der Waals surface area contributed by atoms with E-state index in [0.717, 1.165) is 57.1 Å². The minimum atomic E-state index is -0.833. The van der Waals surface area contributed by atoms with E-state index in [1.807, 2.05) is 60.4 Å². The van der Waals surface area contributed by atoms with Gasteiger partial charge in [-0.1, -0.05) is 12.1 Å². The Kier molecular flexibility index (Phi) is 7.88. The molecule has 3 N–H and O–H groups in total. The number of aliphatic hydroxyl groups is 1. The summed E-state index contributed by atoms with van der Waals surface area (Å²) in [5.74, 6) is 0.693. The van der Waals surface area contributed by atoms with E-state index in [4.69, 9.17) is 14.6 Å². The molecule has 4 rings (SSSR count). The van der Waals surface area contributed by atoms with Crippen molar-refractivity contribution in [2.45, 2.75) is 39.2 Å². The lowest BCUT2D eigenvalue weighted by Crippen LogP contribution is -2.58. The Bertz CT molecular complexity index is 922. The summed E-state index contributed by atoms with van der Waals surface area (Å²) in [5.41, 5.74) is 1.59. The summed E-state index contributed by atoms with van der Waals surface area (Å²) >= 11 is 0. The molecule has 0 aliphatic carbocycles. The third-order valence-electron chi connectivity index (χ3n) is 6.00. The zero-order chi connectivity index (χ0) is 23.1. The summed E-state index contributed by atoms with van der Waals surface area (Å²) in [6, 6.07) is 15.2. The number of aliphatic carboxylic acids is 1. The van der Waals surface area contributed by atoms with Crippen molar-refractivity contribution >= 4 is 11.9 Å². The number of aliphatic hydroxyl groups excluding tert-OH is 1. The highest BCUT2D eigenvalue weighted by Gasteiger charge is 2.44. The molecule has 0 aromatic heterocycles. The number of carboxylic acids is 1. The van der Waals surface area contributed by atoms with E-state index in [1.165, 1.54) is 0 Å². The maximum absolute atomic E-state index is 13.0. The molecule has 32 heavy (non-hydrogen) atoms. The van der Waals surface area contributed by atoms with Gasteiger partial charge < -0.3 is 25.2 Å². The molecule has 2 atom stereocenters. The van der Waals surface area contributed by atoms with E-state index in [2.05, 4.69) is 5.32 Å². The molecule has 7 heteroatoms. The van der Waals surface area contributed by atoms with Crippen LogP contribution in [0, 0.1) is 12.3 Å². The lowest BCUT2D eigenvalue weighted by molar-refractivity contribution is -0.134. The number of ether oxygens (including phenoxy) is 1. The van der Waals surface area contributed by atoms with Crippen LogP contribution in [0.1, 0.15) is 42.1 Å². The smallest absolute Gasteiger partial charge is 0.300 e. The fourth-order valence-electron chi connectivity index (χ4n) is 4.41. The van der Waals surface area contributed by atoms with Crippen molar-refractivity contribution in [1.82, 2.24) is 10.2 Å². The molecule has 1 spiro atoms. The van der Waals surface area contributed by atoms with Gasteiger partial charge in [0.05, 0.1) is 6.10 Å². The van der Waals surface area contributed by atoms with Crippen LogP contribution in [0.2, 0.25) is 0 Å². The second-order valence-corrected chi connectivity index (χ2v) is 8.64. The fourth-order valence-corrected chi connectivity index (χ4v) is 4.41. The summed E-state index contributed by atoms with van der Waals surface area (Å²) in [6.07, 6.45) is 2.31. The average Bonchev–Trinajstić information content (AvgIpc) is 2.76. The van der Waals surface area contributed by atoms with Crippen LogP contribution in [-0.4, -0.2) is 59.3 Å². The lowest BCUT2D eigenvalue weighted by atomic mass is 9.72. The number of hydrogen-bond acceptors (Lipinski definition) is 5. The summed E-state index contributed by atoms with van der Waals surface area (Å²) in [4.78, 5) is 23.9. The number of amides is 1. The first-order valence-corrected chi connectivity index (χ1v) is 11.0. The largest absolute Gasteiger partial charge is 0.481 e. The van der Waals surface area contributed by atoms with Gasteiger partial charge in [0.2, 0.25) is 0 Å². The summed E-state index contributed by atoms with van der Waals surface area (Å²) in [7, 11) is 0. The van der Waals surface area contributed by atoms with Crippen LogP contribution in [0.4, 0.5) is 0 Å². The number of benzene rings is 2. The van der Waals surface area contributed by atoms with Gasteiger partial charge in [-0.3, -0.25) is 9.59 Å². The highest BCUT2D eigenvalue weighted by atomic mass is 16.5. The summed E-state index contributed by atoms with van der Waals surface area (Å²) in [5, 5.41) is 21.4. The number of aryl methyl sites for hydroxylation is 1. The number of nitrogens with one attached hydrogen (secondary N) is 1. The molecule has 2 aliphatic heterocycles. The number of likely N-dealkylation sites (tertiary alicyclic amines) is 1. The van der Waals surface area contributed by atoms with Gasteiger partial charge in [-0.2, -0.15) is 0 Å². The predicted molar refractivity (Wildman–Crippen MR) is 122 cm³/mol. The number of nitrogens with zero attached hydrogens (tertiary/aromatic N) is 1. The molecule has 2 aromatic rings. The van der Waals surface area contributed by atoms with Gasteiger partial charge in [0, 0.05) is 37.5 Å². The van der Waals surface area contributed by atoms with Crippen LogP contribution >= 0.6 is 0 Å². The van der Waals surface area contributed by atoms with Crippen LogP contribution in [0.15, 0.2) is 48.5 Å². The van der Waals surface area contributed by atoms with Gasteiger partial charge in [0.1, 0.15) is 11.5 Å². The minimum Gasteiger partial charge on any atom is -0.481 e. The molecular formula is C25H32N2O5. The number of piperidine rings is 2. The molecule has 0 bridgehead atoms. The number of hydrogen-bond donors (Lipinski definition) is 3. The molecule has 0 unspecified atom stereocenters. The van der Waals surface area contributed by atoms with E-state index in [1.54, 1.807) is 0 Å². The second-order valence-electron chi connectivity index (χ2n) is 8.64. The van der Waals surface area contributed by atoms with Gasteiger partial charge in [-0.15, -0.1) is 0 Å². The monoisotopic (exact) mass is 440 g/mol. The van der Waals surface area contributed by atoms with E-state index in [0.29, 0.717) is 17.9 Å². The number of carbonyl (C=O) groups excluding carboxylic acids is 1. The molecule has 2 aliphatic rings. The van der Waals surface area contributed by atoms with Crippen molar-refractivity contribution in [1.29, 1.82) is 0 Å². The van der Waals surface area contributed by atoms with E-state index in [-0.39, 0.29) is 17.4 Å². The number of rotatable bonds is 3. The molecule has 2 aromatic carbocycles. The van der Waals surface area contributed by atoms with Crippen molar-refractivity contribution in [2.24, 2.45) is 5.41 Å². The van der Waals surface area contributed by atoms with Crippen molar-refractivity contribution < 1.29 is 24.5 Å². The van der Waals surface area contributed by atoms with Crippen LogP contribution in [0.25, 0.3) is 0 Å². The molecular weight excluding hydrogens is 408 g/mol. The third-order valence-corrected chi connectivity index (χ3v) is 6.00. The average molecular weight is 441 g/mol. The van der Waals surface area contributed by atoms with E-state index in [9.17, 15) is 9.90 Å². The molecule has 2 fully saturated rings. The zero-order valence-electron chi connectivity index (χ0n) is 18.7. The van der Waals surface area contributed by atoms with Gasteiger partial charge in [0.25, 0.3) is 11.9 Å². The summed E-state index contributed by atoms with van der Waals surface area (Å²) < 4.78 is 5.88. The van der Waals surface area contributed by atoms with Crippen molar-refractivity contribution in [3.05, 3.63) is 59.7 Å². The minimum absolute atomic E-state index is 0.0268. The van der Waals surface area contributed by atoms with Gasteiger partial charge >= 0.3 is 0 Å². The van der Waals surface area contributed by atoms with Crippen LogP contribution < -0.4 is 10.1 Å². The normalized spacial score (nSPS) is 22.6. The molecule has 0 radical (unpaired) electrons. The van der Waals surface area contributed by atoms with E-state index >= 15 is 0 Å². The lowest BCUT2D eigenvalue weighted by Gasteiger charge is -2.48. The first kappa shape index (κ1) is 23.8. The Morgan fingerprint density at radius 2 is 1.88 bits per heavy atom. The molecule has 2 heterocycles. The topological polar surface area (TPSA) is 99.1 Å². The number of carboxylic acid groups (broad SMARTS) is 1. The fraction of sp³-hybridized carbons (Fsp3) is 0.440. The Hall–Kier alpha value is -2.90. The second kappa shape index (κ2) is 10.6. The Morgan fingerprint density at radius 1 is 1.16 bits per heavy atom. The molecule has 7 nitrogen and oxygen atoms in total. The van der Waals surface area contributed by atoms with Gasteiger partial charge in [0.15, 0.2) is 0 Å². The van der Waals surface area contributed by atoms with Crippen LogP contribution in [-0.2, 0) is 4.79 Å². The van der Waals surface area contributed by atoms with Gasteiger partial charge in [-0.05, 0) is 74.7 Å². The van der Waals surface area contributed by atoms with Crippen molar-refractivity contribution in [3.63, 3.8) is 0 Å².